The number of imidazole rings is 2. The van der Waals surface area contributed by atoms with Gasteiger partial charge in [-0.1, -0.05) is 86.6 Å². The monoisotopic (exact) mass is 815 g/mol. The van der Waals surface area contributed by atoms with Crippen LogP contribution in [-0.4, -0.2) is 103 Å². The molecule has 0 saturated carbocycles. The molecule has 5 aromatic rings. The molecule has 0 radical (unpaired) electrons. The van der Waals surface area contributed by atoms with Crippen LogP contribution in [0.15, 0.2) is 85.2 Å². The Kier molecular flexibility index (Phi) is 12.6. The number of carbonyl (C=O) groups is 4. The van der Waals surface area contributed by atoms with E-state index in [1.807, 2.05) is 62.4 Å². The summed E-state index contributed by atoms with van der Waals surface area (Å²) in [6.07, 6.45) is 5.14. The van der Waals surface area contributed by atoms with E-state index in [9.17, 15) is 24.3 Å². The van der Waals surface area contributed by atoms with E-state index < -0.39 is 24.3 Å². The van der Waals surface area contributed by atoms with Gasteiger partial charge in [-0.3, -0.25) is 14.5 Å². The molecule has 7 rings (SSSR count). The second kappa shape index (κ2) is 18.2. The third-order valence-electron chi connectivity index (χ3n) is 11.8. The van der Waals surface area contributed by atoms with Crippen LogP contribution in [0.2, 0.25) is 0 Å². The Bertz CT molecular complexity index is 2290. The zero-order chi connectivity index (χ0) is 42.5. The smallest absolute Gasteiger partial charge is 0.407 e. The summed E-state index contributed by atoms with van der Waals surface area (Å²) < 4.78 is 4.76. The number of nitrogens with zero attached hydrogens (tertiary/aromatic N) is 5. The Hall–Kier alpha value is -6.48. The molecule has 0 aliphatic carbocycles. The first kappa shape index (κ1) is 41.7. The Labute approximate surface area is 349 Å². The van der Waals surface area contributed by atoms with Crippen molar-refractivity contribution in [2.75, 3.05) is 27.2 Å². The van der Waals surface area contributed by atoms with Crippen molar-refractivity contribution < 1.29 is 29.0 Å². The van der Waals surface area contributed by atoms with E-state index in [4.69, 9.17) is 15.5 Å². The van der Waals surface area contributed by atoms with Gasteiger partial charge in [-0.25, -0.2) is 19.6 Å². The highest BCUT2D eigenvalue weighted by atomic mass is 16.5. The summed E-state index contributed by atoms with van der Waals surface area (Å²) in [5, 5.41) is 12.6. The van der Waals surface area contributed by atoms with Crippen LogP contribution in [0.25, 0.3) is 33.6 Å². The number of carboxylic acid groups (broad SMARTS) is 1. The van der Waals surface area contributed by atoms with Gasteiger partial charge in [0.1, 0.15) is 23.7 Å². The molecule has 2 aliphatic heterocycles. The number of carbonyl (C=O) groups excluding carboxylic acids is 3. The molecule has 2 aromatic heterocycles. The molecule has 2 aliphatic rings. The topological polar surface area (TPSA) is 203 Å². The van der Waals surface area contributed by atoms with E-state index in [1.54, 1.807) is 22.2 Å². The first-order valence-electron chi connectivity index (χ1n) is 20.5. The maximum Gasteiger partial charge on any atom is 0.407 e. The normalized spacial score (nSPS) is 17.4. The minimum atomic E-state index is -1.16. The lowest BCUT2D eigenvalue weighted by Crippen LogP contribution is -2.51. The van der Waals surface area contributed by atoms with E-state index in [-0.39, 0.29) is 36.2 Å². The molecule has 0 spiro atoms. The van der Waals surface area contributed by atoms with Crippen molar-refractivity contribution in [1.82, 2.24) is 40.0 Å². The van der Waals surface area contributed by atoms with Gasteiger partial charge in [-0.15, -0.1) is 0 Å². The standard InChI is InChI=1S/C45H53N9O6/c1-27(2)39(51-44(57)60-4)43(56)54-22-6-8-37(54)41-48-26-35(50-41)33-19-15-31(16-20-33)30-13-17-32(18-14-30)34-25-47-40(49-34)36-7-5-21-53(36)42(55)38(52(3)45(58)59)23-28-9-11-29(24-46)12-10-28/h9-20,25-27,36-39H,5-8,21-24,46H2,1-4H3,(H,47,49)(H,48,50)(H,51,57)(H,58,59)/t36-,37-,38-,39-/m0/s1. The molecule has 314 valence electrons. The summed E-state index contributed by atoms with van der Waals surface area (Å²) in [6, 6.07) is 21.9. The van der Waals surface area contributed by atoms with Gasteiger partial charge < -0.3 is 40.7 Å². The molecule has 6 N–H and O–H groups in total. The summed E-state index contributed by atoms with van der Waals surface area (Å²) in [7, 11) is 2.73. The Morgan fingerprint density at radius 1 is 0.783 bits per heavy atom. The fourth-order valence-electron chi connectivity index (χ4n) is 8.25. The molecule has 4 atom stereocenters. The lowest BCUT2D eigenvalue weighted by atomic mass is 10.0. The molecule has 60 heavy (non-hydrogen) atoms. The molecule has 2 fully saturated rings. The average Bonchev–Trinajstić information content (AvgIpc) is 4.11. The van der Waals surface area contributed by atoms with Crippen LogP contribution in [0.1, 0.15) is 74.4 Å². The zero-order valence-electron chi connectivity index (χ0n) is 34.4. The minimum absolute atomic E-state index is 0.113. The van der Waals surface area contributed by atoms with Gasteiger partial charge >= 0.3 is 12.2 Å². The summed E-state index contributed by atoms with van der Waals surface area (Å²) in [4.78, 5) is 72.5. The molecule has 2 saturated heterocycles. The van der Waals surface area contributed by atoms with Gasteiger partial charge in [0.2, 0.25) is 11.8 Å². The average molecular weight is 816 g/mol. The van der Waals surface area contributed by atoms with Crippen molar-refractivity contribution >= 4 is 24.0 Å². The van der Waals surface area contributed by atoms with Crippen LogP contribution < -0.4 is 11.1 Å². The van der Waals surface area contributed by atoms with Crippen LogP contribution in [0.3, 0.4) is 0 Å². The summed E-state index contributed by atoms with van der Waals surface area (Å²) >= 11 is 0. The number of ether oxygens (including phenoxy) is 1. The Balaban J connectivity index is 1.00. The zero-order valence-corrected chi connectivity index (χ0v) is 34.4. The second-order valence-electron chi connectivity index (χ2n) is 15.9. The molecular weight excluding hydrogens is 763 g/mol. The highest BCUT2D eigenvalue weighted by Crippen LogP contribution is 2.35. The molecule has 15 nitrogen and oxygen atoms in total. The number of likely N-dealkylation sites (tertiary alicyclic amines) is 2. The lowest BCUT2D eigenvalue weighted by Gasteiger charge is -2.32. The highest BCUT2D eigenvalue weighted by molar-refractivity contribution is 5.87. The number of methoxy groups -OCH3 is 1. The molecule has 4 heterocycles. The van der Waals surface area contributed by atoms with Gasteiger partial charge in [0.15, 0.2) is 0 Å². The predicted octanol–water partition coefficient (Wildman–Crippen LogP) is 6.52. The van der Waals surface area contributed by atoms with E-state index >= 15 is 0 Å². The van der Waals surface area contributed by atoms with Gasteiger partial charge in [-0.05, 0) is 65.0 Å². The number of aromatic amines is 2. The number of nitrogens with two attached hydrogens (primary N) is 1. The Morgan fingerprint density at radius 3 is 1.70 bits per heavy atom. The summed E-state index contributed by atoms with van der Waals surface area (Å²) in [6.45, 7) is 5.29. The number of benzene rings is 3. The third kappa shape index (κ3) is 8.90. The number of aromatic nitrogens is 4. The summed E-state index contributed by atoms with van der Waals surface area (Å²) in [5.41, 5.74) is 13.2. The molecule has 0 bridgehead atoms. The van der Waals surface area contributed by atoms with E-state index in [0.29, 0.717) is 31.3 Å². The number of amides is 4. The third-order valence-corrected chi connectivity index (χ3v) is 11.8. The second-order valence-corrected chi connectivity index (χ2v) is 15.9. The van der Waals surface area contributed by atoms with Crippen molar-refractivity contribution in [3.05, 3.63) is 108 Å². The molecule has 3 aromatic carbocycles. The number of rotatable bonds is 13. The highest BCUT2D eigenvalue weighted by Gasteiger charge is 2.39. The quantitative estimate of drug-likeness (QED) is 0.0877. The Morgan fingerprint density at radius 2 is 1.25 bits per heavy atom. The fourth-order valence-corrected chi connectivity index (χ4v) is 8.25. The van der Waals surface area contributed by atoms with Gasteiger partial charge in [0.25, 0.3) is 0 Å². The number of hydrogen-bond acceptors (Lipinski definition) is 8. The lowest BCUT2D eigenvalue weighted by molar-refractivity contribution is -0.137. The van der Waals surface area contributed by atoms with Crippen LogP contribution in [-0.2, 0) is 27.3 Å². The summed E-state index contributed by atoms with van der Waals surface area (Å²) in [5.74, 6) is 0.877. The van der Waals surface area contributed by atoms with Crippen molar-refractivity contribution in [2.45, 2.75) is 76.7 Å². The maximum atomic E-state index is 14.0. The van der Waals surface area contributed by atoms with Crippen molar-refractivity contribution in [1.29, 1.82) is 0 Å². The molecular formula is C45H53N9O6. The first-order valence-corrected chi connectivity index (χ1v) is 20.5. The fraction of sp³-hybridized carbons (Fsp3) is 0.378. The number of hydrogen-bond donors (Lipinski definition) is 5. The van der Waals surface area contributed by atoms with Gasteiger partial charge in [-0.2, -0.15) is 0 Å². The number of H-pyrrole nitrogens is 2. The van der Waals surface area contributed by atoms with E-state index in [0.717, 1.165) is 75.4 Å². The SMILES string of the molecule is COC(=O)N[C@H](C(=O)N1CCC[C@H]1c1ncc(-c2ccc(-c3ccc(-c4cnc([C@@H]5CCCN5C(=O)[C@H](Cc5ccc(CN)cc5)N(C)C(=O)O)[nH]4)cc3)cc2)[nH]1)C(C)C. The first-order chi connectivity index (χ1) is 28.9. The van der Waals surface area contributed by atoms with Crippen LogP contribution in [0.5, 0.6) is 0 Å². The number of nitrogens with one attached hydrogen (secondary N) is 3. The van der Waals surface area contributed by atoms with Crippen LogP contribution >= 0.6 is 0 Å². The van der Waals surface area contributed by atoms with Gasteiger partial charge in [0.05, 0.1) is 43.0 Å². The molecule has 4 amide bonds. The van der Waals surface area contributed by atoms with Crippen molar-refractivity contribution in [3.8, 4) is 33.6 Å². The van der Waals surface area contributed by atoms with Crippen LogP contribution in [0.4, 0.5) is 9.59 Å². The molecule has 0 unspecified atom stereocenters. The van der Waals surface area contributed by atoms with Crippen molar-refractivity contribution in [3.63, 3.8) is 0 Å². The largest absolute Gasteiger partial charge is 0.465 e. The van der Waals surface area contributed by atoms with Crippen LogP contribution in [0, 0.1) is 5.92 Å². The number of likely N-dealkylation sites (N-methyl/N-ethyl adjacent to an activating group) is 1. The number of alkyl carbamates (subject to hydrolysis) is 1. The maximum absolute atomic E-state index is 14.0. The predicted molar refractivity (Wildman–Crippen MR) is 226 cm³/mol. The van der Waals surface area contributed by atoms with Crippen molar-refractivity contribution in [2.24, 2.45) is 11.7 Å². The minimum Gasteiger partial charge on any atom is -0.465 e. The molecule has 15 heteroatoms. The van der Waals surface area contributed by atoms with E-state index in [1.165, 1.54) is 14.2 Å². The van der Waals surface area contributed by atoms with E-state index in [2.05, 4.69) is 44.5 Å². The van der Waals surface area contributed by atoms with Gasteiger partial charge in [0, 0.05) is 33.1 Å².